The van der Waals surface area contributed by atoms with Crippen LogP contribution in [-0.4, -0.2) is 0 Å². The molecule has 0 aliphatic heterocycles. The van der Waals surface area contributed by atoms with Gasteiger partial charge in [-0.15, -0.1) is 0 Å². The first kappa shape index (κ1) is 22.6. The minimum atomic E-state index is 1.10. The van der Waals surface area contributed by atoms with E-state index in [0.717, 1.165) is 6.42 Å². The Balaban J connectivity index is -0.000000214. The Labute approximate surface area is 121 Å². The quantitative estimate of drug-likeness (QED) is 0.528. The van der Waals surface area contributed by atoms with Crippen LogP contribution in [0.1, 0.15) is 46.6 Å². The molecule has 0 heterocycles. The summed E-state index contributed by atoms with van der Waals surface area (Å²) >= 11 is 0. The number of hydrogen-bond acceptors (Lipinski definition) is 0. The summed E-state index contributed by atoms with van der Waals surface area (Å²) in [6, 6.07) is 10.3. The van der Waals surface area contributed by atoms with Crippen LogP contribution in [0.3, 0.4) is 0 Å². The molecule has 0 N–H and O–H groups in total. The predicted octanol–water partition coefficient (Wildman–Crippen LogP) is 6.74. The normalized spacial score (nSPS) is 8.53. The highest BCUT2D eigenvalue weighted by Gasteiger charge is 1.72. The second kappa shape index (κ2) is 25.3. The van der Waals surface area contributed by atoms with Crippen LogP contribution in [0.15, 0.2) is 67.3 Å². The van der Waals surface area contributed by atoms with Gasteiger partial charge in [0.1, 0.15) is 0 Å². The van der Waals surface area contributed by atoms with Crippen LogP contribution in [0.5, 0.6) is 0 Å². The van der Waals surface area contributed by atoms with E-state index in [9.17, 15) is 0 Å². The molecule has 0 heteroatoms. The Morgan fingerprint density at radius 2 is 1.42 bits per heavy atom. The van der Waals surface area contributed by atoms with Crippen molar-refractivity contribution in [1.29, 1.82) is 0 Å². The maximum Gasteiger partial charge on any atom is -0.0376 e. The lowest BCUT2D eigenvalue weighted by Gasteiger charge is -1.82. The Kier molecular flexibility index (Phi) is 30.1. The lowest BCUT2D eigenvalue weighted by molar-refractivity contribution is 1.22. The minimum Gasteiger partial charge on any atom is -0.0991 e. The van der Waals surface area contributed by atoms with E-state index < -0.39 is 0 Å². The van der Waals surface area contributed by atoms with Crippen molar-refractivity contribution in [3.63, 3.8) is 0 Å². The standard InChI is InChI=1S/C8H12.C7H8.2C2H6/c1-3-5-7-8-6-4-2;1-7-5-3-2-4-6-7;2*1-2/h3,5-8H,1,4H2,2H3;2-6H,1H3;2*1-2H3/b7-5-,8-6-;;;. The van der Waals surface area contributed by atoms with Crippen LogP contribution < -0.4 is 0 Å². The largest absolute Gasteiger partial charge is 0.0991 e. The molecule has 0 bridgehead atoms. The summed E-state index contributed by atoms with van der Waals surface area (Å²) in [7, 11) is 0. The van der Waals surface area contributed by atoms with Crippen molar-refractivity contribution in [2.24, 2.45) is 0 Å². The van der Waals surface area contributed by atoms with Gasteiger partial charge in [0.05, 0.1) is 0 Å². The highest BCUT2D eigenvalue weighted by atomic mass is 13.8. The molecule has 0 saturated carbocycles. The molecule has 1 rings (SSSR count). The summed E-state index contributed by atoms with van der Waals surface area (Å²) in [5.41, 5.74) is 1.32. The molecule has 0 unspecified atom stereocenters. The van der Waals surface area contributed by atoms with Crippen molar-refractivity contribution in [2.75, 3.05) is 0 Å². The molecular weight excluding hydrogens is 228 g/mol. The highest BCUT2D eigenvalue weighted by Crippen LogP contribution is 1.92. The lowest BCUT2D eigenvalue weighted by atomic mass is 10.2. The third-order valence-corrected chi connectivity index (χ3v) is 1.67. The number of allylic oxidation sites excluding steroid dienone is 5. The van der Waals surface area contributed by atoms with E-state index >= 15 is 0 Å². The highest BCUT2D eigenvalue weighted by molar-refractivity contribution is 5.11. The number of benzene rings is 1. The van der Waals surface area contributed by atoms with Crippen LogP contribution in [-0.2, 0) is 0 Å². The first-order valence-electron chi connectivity index (χ1n) is 7.27. The molecular formula is C19H32. The molecule has 108 valence electrons. The van der Waals surface area contributed by atoms with Crippen molar-refractivity contribution in [3.8, 4) is 0 Å². The van der Waals surface area contributed by atoms with E-state index in [1.54, 1.807) is 6.08 Å². The van der Waals surface area contributed by atoms with Gasteiger partial charge in [-0.1, -0.05) is 107 Å². The van der Waals surface area contributed by atoms with Gasteiger partial charge >= 0.3 is 0 Å². The average molecular weight is 260 g/mol. The Bertz CT molecular complexity index is 291. The summed E-state index contributed by atoms with van der Waals surface area (Å²) in [4.78, 5) is 0. The number of rotatable bonds is 3. The molecule has 0 spiro atoms. The van der Waals surface area contributed by atoms with E-state index in [2.05, 4.69) is 38.6 Å². The van der Waals surface area contributed by atoms with E-state index in [4.69, 9.17) is 0 Å². The lowest BCUT2D eigenvalue weighted by Crippen LogP contribution is -1.62. The van der Waals surface area contributed by atoms with Gasteiger partial charge in [0.15, 0.2) is 0 Å². The summed E-state index contributed by atoms with van der Waals surface area (Å²) in [5.74, 6) is 0. The molecule has 0 fully saturated rings. The molecule has 0 nitrogen and oxygen atoms in total. The molecule has 0 atom stereocenters. The van der Waals surface area contributed by atoms with E-state index in [-0.39, 0.29) is 0 Å². The summed E-state index contributed by atoms with van der Waals surface area (Å²) in [6.07, 6.45) is 10.9. The predicted molar refractivity (Wildman–Crippen MR) is 92.6 cm³/mol. The Morgan fingerprint density at radius 3 is 1.74 bits per heavy atom. The zero-order valence-electron chi connectivity index (χ0n) is 13.7. The summed E-state index contributed by atoms with van der Waals surface area (Å²) < 4.78 is 0. The topological polar surface area (TPSA) is 0 Å². The molecule has 0 aromatic heterocycles. The van der Waals surface area contributed by atoms with Crippen LogP contribution in [0.2, 0.25) is 0 Å². The molecule has 0 aliphatic carbocycles. The van der Waals surface area contributed by atoms with Gasteiger partial charge in [0.2, 0.25) is 0 Å². The molecule has 0 aliphatic rings. The van der Waals surface area contributed by atoms with Crippen LogP contribution in [0, 0.1) is 6.92 Å². The Morgan fingerprint density at radius 1 is 0.895 bits per heavy atom. The molecule has 1 aromatic rings. The average Bonchev–Trinajstić information content (AvgIpc) is 2.49. The first-order valence-corrected chi connectivity index (χ1v) is 7.27. The third kappa shape index (κ3) is 26.2. The van der Waals surface area contributed by atoms with Crippen molar-refractivity contribution in [2.45, 2.75) is 48.0 Å². The van der Waals surface area contributed by atoms with E-state index in [0.29, 0.717) is 0 Å². The van der Waals surface area contributed by atoms with E-state index in [1.165, 1.54) is 5.56 Å². The van der Waals surface area contributed by atoms with Crippen LogP contribution in [0.4, 0.5) is 0 Å². The maximum absolute atomic E-state index is 3.54. The summed E-state index contributed by atoms with van der Waals surface area (Å²) in [6.45, 7) is 15.7. The Hall–Kier alpha value is -1.56. The van der Waals surface area contributed by atoms with Crippen molar-refractivity contribution >= 4 is 0 Å². The van der Waals surface area contributed by atoms with Crippen molar-refractivity contribution < 1.29 is 0 Å². The fourth-order valence-corrected chi connectivity index (χ4v) is 0.892. The van der Waals surface area contributed by atoms with Gasteiger partial charge in [-0.2, -0.15) is 0 Å². The zero-order chi connectivity index (χ0) is 15.4. The zero-order valence-corrected chi connectivity index (χ0v) is 13.7. The van der Waals surface area contributed by atoms with Gasteiger partial charge in [-0.05, 0) is 13.3 Å². The van der Waals surface area contributed by atoms with Gasteiger partial charge in [0.25, 0.3) is 0 Å². The van der Waals surface area contributed by atoms with Crippen LogP contribution >= 0.6 is 0 Å². The third-order valence-electron chi connectivity index (χ3n) is 1.67. The number of hydrogen-bond donors (Lipinski definition) is 0. The van der Waals surface area contributed by atoms with Gasteiger partial charge in [-0.25, -0.2) is 0 Å². The second-order valence-corrected chi connectivity index (χ2v) is 3.11. The van der Waals surface area contributed by atoms with Gasteiger partial charge < -0.3 is 0 Å². The van der Waals surface area contributed by atoms with Crippen molar-refractivity contribution in [3.05, 3.63) is 72.9 Å². The SMILES string of the molecule is C=C/C=C\C=C/CC.CC.CC.Cc1ccccc1. The van der Waals surface area contributed by atoms with Gasteiger partial charge in [0, 0.05) is 0 Å². The fourth-order valence-electron chi connectivity index (χ4n) is 0.892. The number of aryl methyl sites for hydroxylation is 1. The van der Waals surface area contributed by atoms with E-state index in [1.807, 2.05) is 64.1 Å². The fraction of sp³-hybridized carbons (Fsp3) is 0.368. The molecule has 1 aromatic carbocycles. The minimum absolute atomic E-state index is 1.10. The summed E-state index contributed by atoms with van der Waals surface area (Å²) in [5, 5.41) is 0. The van der Waals surface area contributed by atoms with Crippen LogP contribution in [0.25, 0.3) is 0 Å². The molecule has 19 heavy (non-hydrogen) atoms. The smallest absolute Gasteiger partial charge is 0.0376 e. The van der Waals surface area contributed by atoms with Gasteiger partial charge in [-0.3, -0.25) is 0 Å². The maximum atomic E-state index is 3.54. The second-order valence-electron chi connectivity index (χ2n) is 3.11. The molecule has 0 radical (unpaired) electrons. The van der Waals surface area contributed by atoms with Crippen molar-refractivity contribution in [1.82, 2.24) is 0 Å². The molecule has 0 saturated heterocycles. The first-order chi connectivity index (χ1) is 9.31. The monoisotopic (exact) mass is 260 g/mol. The molecule has 0 amide bonds.